The van der Waals surface area contributed by atoms with Crippen molar-refractivity contribution in [2.24, 2.45) is 5.73 Å². The smallest absolute Gasteiger partial charge is 0.126 e. The van der Waals surface area contributed by atoms with Crippen LogP contribution in [0.3, 0.4) is 0 Å². The molecule has 0 aliphatic carbocycles. The molecule has 2 rings (SSSR count). The van der Waals surface area contributed by atoms with Crippen molar-refractivity contribution in [1.82, 2.24) is 4.98 Å². The molecule has 2 aromatic rings. The van der Waals surface area contributed by atoms with Crippen molar-refractivity contribution in [2.45, 2.75) is 6.42 Å². The van der Waals surface area contributed by atoms with Crippen molar-refractivity contribution < 1.29 is 5.11 Å². The van der Waals surface area contributed by atoms with Gasteiger partial charge in [-0.3, -0.25) is 0 Å². The van der Waals surface area contributed by atoms with Crippen molar-refractivity contribution in [3.05, 3.63) is 28.4 Å². The van der Waals surface area contributed by atoms with Crippen LogP contribution in [0.15, 0.2) is 22.8 Å². The average molecular weight is 255 g/mol. The molecule has 14 heavy (non-hydrogen) atoms. The highest BCUT2D eigenvalue weighted by Crippen LogP contribution is 2.31. The standard InChI is InChI=1S/C10H11BrN2O/c11-7-3-8-10(9(14)4-7)6(1-2-12)5-13-8/h3-5,13-14H,1-2,12H2. The Morgan fingerprint density at radius 2 is 2.21 bits per heavy atom. The summed E-state index contributed by atoms with van der Waals surface area (Å²) < 4.78 is 0.864. The highest BCUT2D eigenvalue weighted by molar-refractivity contribution is 9.10. The Bertz CT molecular complexity index is 464. The number of phenolic OH excluding ortho intramolecular Hbond substituents is 1. The molecule has 1 aromatic heterocycles. The number of halogens is 1. The van der Waals surface area contributed by atoms with Crippen LogP contribution in [0.25, 0.3) is 10.9 Å². The van der Waals surface area contributed by atoms with E-state index in [2.05, 4.69) is 20.9 Å². The SMILES string of the molecule is NCCc1c[nH]c2cc(Br)cc(O)c12. The summed E-state index contributed by atoms with van der Waals surface area (Å²) in [5.74, 6) is 0.291. The summed E-state index contributed by atoms with van der Waals surface area (Å²) in [5.41, 5.74) is 7.48. The van der Waals surface area contributed by atoms with Gasteiger partial charge in [-0.2, -0.15) is 0 Å². The number of aromatic hydroxyl groups is 1. The molecule has 4 heteroatoms. The predicted molar refractivity (Wildman–Crippen MR) is 60.4 cm³/mol. The van der Waals surface area contributed by atoms with Crippen molar-refractivity contribution in [3.63, 3.8) is 0 Å². The highest BCUT2D eigenvalue weighted by atomic mass is 79.9. The zero-order valence-corrected chi connectivity index (χ0v) is 9.13. The lowest BCUT2D eigenvalue weighted by Crippen LogP contribution is -2.01. The summed E-state index contributed by atoms with van der Waals surface area (Å²) in [4.78, 5) is 3.11. The number of nitrogens with two attached hydrogens (primary N) is 1. The highest BCUT2D eigenvalue weighted by Gasteiger charge is 2.08. The van der Waals surface area contributed by atoms with Gasteiger partial charge >= 0.3 is 0 Å². The Balaban J connectivity index is 2.66. The van der Waals surface area contributed by atoms with Crippen LogP contribution in [0.5, 0.6) is 5.75 Å². The van der Waals surface area contributed by atoms with Gasteiger partial charge in [-0.05, 0) is 30.7 Å². The summed E-state index contributed by atoms with van der Waals surface area (Å²) in [7, 11) is 0. The number of benzene rings is 1. The van der Waals surface area contributed by atoms with E-state index < -0.39 is 0 Å². The molecule has 0 amide bonds. The summed E-state index contributed by atoms with van der Waals surface area (Å²) in [6.07, 6.45) is 2.67. The minimum atomic E-state index is 0.291. The molecule has 4 N–H and O–H groups in total. The van der Waals surface area contributed by atoms with Crippen molar-refractivity contribution in [3.8, 4) is 5.75 Å². The summed E-state index contributed by atoms with van der Waals surface area (Å²) in [6.45, 7) is 0.586. The van der Waals surface area contributed by atoms with Crippen LogP contribution in [-0.2, 0) is 6.42 Å². The van der Waals surface area contributed by atoms with E-state index in [0.29, 0.717) is 12.3 Å². The first-order chi connectivity index (χ1) is 6.72. The number of hydrogen-bond donors (Lipinski definition) is 3. The van der Waals surface area contributed by atoms with Crippen LogP contribution >= 0.6 is 15.9 Å². The molecule has 1 aromatic carbocycles. The predicted octanol–water partition coefficient (Wildman–Crippen LogP) is 2.14. The molecule has 74 valence electrons. The number of nitrogens with one attached hydrogen (secondary N) is 1. The molecule has 3 nitrogen and oxygen atoms in total. The minimum Gasteiger partial charge on any atom is -0.507 e. The Morgan fingerprint density at radius 3 is 2.93 bits per heavy atom. The van der Waals surface area contributed by atoms with E-state index in [0.717, 1.165) is 27.4 Å². The summed E-state index contributed by atoms with van der Waals surface area (Å²) in [6, 6.07) is 3.63. The third-order valence-corrected chi connectivity index (χ3v) is 2.68. The number of fused-ring (bicyclic) bond motifs is 1. The normalized spacial score (nSPS) is 11.0. The second-order valence-electron chi connectivity index (χ2n) is 3.20. The third-order valence-electron chi connectivity index (χ3n) is 2.22. The van der Waals surface area contributed by atoms with Gasteiger partial charge in [0.2, 0.25) is 0 Å². The van der Waals surface area contributed by atoms with Crippen LogP contribution in [0.4, 0.5) is 0 Å². The van der Waals surface area contributed by atoms with E-state index in [1.807, 2.05) is 12.3 Å². The van der Waals surface area contributed by atoms with E-state index >= 15 is 0 Å². The average Bonchev–Trinajstić information content (AvgIpc) is 2.49. The van der Waals surface area contributed by atoms with Gasteiger partial charge < -0.3 is 15.8 Å². The molecule has 0 bridgehead atoms. The molecule has 0 unspecified atom stereocenters. The fourth-order valence-corrected chi connectivity index (χ4v) is 2.08. The maximum Gasteiger partial charge on any atom is 0.126 e. The molecule has 0 fully saturated rings. The quantitative estimate of drug-likeness (QED) is 0.769. The van der Waals surface area contributed by atoms with Gasteiger partial charge in [0, 0.05) is 16.1 Å². The van der Waals surface area contributed by atoms with Gasteiger partial charge in [0.15, 0.2) is 0 Å². The third kappa shape index (κ3) is 1.51. The number of aromatic amines is 1. The van der Waals surface area contributed by atoms with Gasteiger partial charge in [-0.15, -0.1) is 0 Å². The largest absolute Gasteiger partial charge is 0.507 e. The van der Waals surface area contributed by atoms with E-state index in [1.165, 1.54) is 0 Å². The van der Waals surface area contributed by atoms with E-state index in [4.69, 9.17) is 5.73 Å². The van der Waals surface area contributed by atoms with E-state index in [1.54, 1.807) is 6.07 Å². The second kappa shape index (κ2) is 3.63. The van der Waals surface area contributed by atoms with Crippen LogP contribution in [0.2, 0.25) is 0 Å². The molecule has 0 spiro atoms. The fraction of sp³-hybridized carbons (Fsp3) is 0.200. The van der Waals surface area contributed by atoms with Gasteiger partial charge in [0.25, 0.3) is 0 Å². The Labute approximate surface area is 90.1 Å². The Kier molecular flexibility index (Phi) is 2.48. The molecular formula is C10H11BrN2O. The number of rotatable bonds is 2. The maximum atomic E-state index is 9.76. The Morgan fingerprint density at radius 1 is 1.43 bits per heavy atom. The second-order valence-corrected chi connectivity index (χ2v) is 4.12. The lowest BCUT2D eigenvalue weighted by atomic mass is 10.1. The fourth-order valence-electron chi connectivity index (χ4n) is 1.63. The van der Waals surface area contributed by atoms with Gasteiger partial charge in [-0.1, -0.05) is 15.9 Å². The monoisotopic (exact) mass is 254 g/mol. The van der Waals surface area contributed by atoms with Crippen molar-refractivity contribution in [1.29, 1.82) is 0 Å². The minimum absolute atomic E-state index is 0.291. The zero-order chi connectivity index (χ0) is 10.1. The molecule has 0 aliphatic rings. The van der Waals surface area contributed by atoms with Crippen LogP contribution in [-0.4, -0.2) is 16.6 Å². The van der Waals surface area contributed by atoms with Crippen molar-refractivity contribution >= 4 is 26.8 Å². The van der Waals surface area contributed by atoms with E-state index in [-0.39, 0.29) is 0 Å². The summed E-state index contributed by atoms with van der Waals surface area (Å²) >= 11 is 3.33. The molecule has 0 atom stereocenters. The lowest BCUT2D eigenvalue weighted by molar-refractivity contribution is 0.481. The number of hydrogen-bond acceptors (Lipinski definition) is 2. The van der Waals surface area contributed by atoms with Gasteiger partial charge in [0.05, 0.1) is 5.52 Å². The first-order valence-corrected chi connectivity index (χ1v) is 5.20. The van der Waals surface area contributed by atoms with Gasteiger partial charge in [0.1, 0.15) is 5.75 Å². The number of H-pyrrole nitrogens is 1. The molecule has 1 heterocycles. The number of aromatic nitrogens is 1. The van der Waals surface area contributed by atoms with Crippen LogP contribution in [0.1, 0.15) is 5.56 Å². The summed E-state index contributed by atoms with van der Waals surface area (Å²) in [5, 5.41) is 10.6. The number of phenols is 1. The van der Waals surface area contributed by atoms with Crippen LogP contribution in [0, 0.1) is 0 Å². The lowest BCUT2D eigenvalue weighted by Gasteiger charge is -2.00. The van der Waals surface area contributed by atoms with Crippen LogP contribution < -0.4 is 5.73 Å². The molecule has 0 saturated heterocycles. The van der Waals surface area contributed by atoms with Gasteiger partial charge in [-0.25, -0.2) is 0 Å². The maximum absolute atomic E-state index is 9.76. The molecule has 0 aliphatic heterocycles. The zero-order valence-electron chi connectivity index (χ0n) is 7.55. The first kappa shape index (κ1) is 9.55. The molecule has 0 saturated carbocycles. The topological polar surface area (TPSA) is 62.0 Å². The Hall–Kier alpha value is -1.00. The van der Waals surface area contributed by atoms with Crippen molar-refractivity contribution in [2.75, 3.05) is 6.54 Å². The first-order valence-electron chi connectivity index (χ1n) is 4.41. The molecular weight excluding hydrogens is 244 g/mol. The van der Waals surface area contributed by atoms with E-state index in [9.17, 15) is 5.11 Å². The molecule has 0 radical (unpaired) electrons.